The topological polar surface area (TPSA) is 44.5 Å². The first-order chi connectivity index (χ1) is 10.2. The summed E-state index contributed by atoms with van der Waals surface area (Å²) < 4.78 is 25.9. The highest BCUT2D eigenvalue weighted by atomic mass is 19.1. The monoisotopic (exact) mass is 293 g/mol. The van der Waals surface area contributed by atoms with E-state index in [-0.39, 0.29) is 17.5 Å². The van der Waals surface area contributed by atoms with Gasteiger partial charge in [0.25, 0.3) is 0 Å². The van der Waals surface area contributed by atoms with Gasteiger partial charge >= 0.3 is 0 Å². The number of para-hydroxylation sites is 1. The minimum Gasteiger partial charge on any atom is -0.488 e. The molecule has 0 aromatic heterocycles. The molecule has 2 N–H and O–H groups in total. The predicted octanol–water partition coefficient (Wildman–Crippen LogP) is 3.20. The van der Waals surface area contributed by atoms with E-state index in [9.17, 15) is 4.39 Å². The minimum absolute atomic E-state index is 0.0911. The van der Waals surface area contributed by atoms with Crippen LogP contribution in [-0.4, -0.2) is 24.9 Å². The molecule has 116 valence electrons. The number of ether oxygens (including phenoxy) is 2. The average molecular weight is 293 g/mol. The molecule has 2 fully saturated rings. The van der Waals surface area contributed by atoms with E-state index >= 15 is 0 Å². The fraction of sp³-hybridized carbons (Fsp3) is 0.647. The normalized spacial score (nSPS) is 23.8. The van der Waals surface area contributed by atoms with E-state index in [1.54, 1.807) is 6.07 Å². The Morgan fingerprint density at radius 1 is 1.29 bits per heavy atom. The second-order valence-electron chi connectivity index (χ2n) is 6.25. The van der Waals surface area contributed by atoms with Gasteiger partial charge in [0.15, 0.2) is 11.6 Å². The van der Waals surface area contributed by atoms with E-state index in [0.717, 1.165) is 18.4 Å². The van der Waals surface area contributed by atoms with Crippen LogP contribution in [0.4, 0.5) is 4.39 Å². The van der Waals surface area contributed by atoms with Crippen molar-refractivity contribution in [2.24, 2.45) is 5.73 Å². The van der Waals surface area contributed by atoms with Gasteiger partial charge in [0.05, 0.1) is 11.7 Å². The van der Waals surface area contributed by atoms with E-state index in [1.807, 2.05) is 6.07 Å². The molecule has 3 nitrogen and oxygen atoms in total. The summed E-state index contributed by atoms with van der Waals surface area (Å²) in [6.07, 6.45) is 7.72. The Kier molecular flexibility index (Phi) is 4.45. The van der Waals surface area contributed by atoms with Gasteiger partial charge in [-0.3, -0.25) is 0 Å². The summed E-state index contributed by atoms with van der Waals surface area (Å²) in [5, 5.41) is 0. The zero-order chi connectivity index (χ0) is 14.7. The average Bonchev–Trinajstić information content (AvgIpc) is 3.09. The number of nitrogens with two attached hydrogens (primary N) is 1. The molecular formula is C17H24FNO2. The van der Waals surface area contributed by atoms with Gasteiger partial charge in [0, 0.05) is 0 Å². The smallest absolute Gasteiger partial charge is 0.165 e. The zero-order valence-electron chi connectivity index (χ0n) is 12.4. The van der Waals surface area contributed by atoms with E-state index < -0.39 is 0 Å². The van der Waals surface area contributed by atoms with Gasteiger partial charge in [-0.05, 0) is 50.3 Å². The third kappa shape index (κ3) is 3.22. The summed E-state index contributed by atoms with van der Waals surface area (Å²) in [4.78, 5) is 0. The molecule has 1 saturated carbocycles. The molecule has 21 heavy (non-hydrogen) atoms. The second kappa shape index (κ2) is 6.32. The first-order valence-electron chi connectivity index (χ1n) is 8.00. The van der Waals surface area contributed by atoms with Gasteiger partial charge in [0.2, 0.25) is 0 Å². The van der Waals surface area contributed by atoms with Gasteiger partial charge in [-0.2, -0.15) is 0 Å². The Labute approximate surface area is 125 Å². The van der Waals surface area contributed by atoms with Crippen LogP contribution in [0.2, 0.25) is 0 Å². The summed E-state index contributed by atoms with van der Waals surface area (Å²) in [5.74, 6) is 0.0356. The summed E-state index contributed by atoms with van der Waals surface area (Å²) in [7, 11) is 0. The van der Waals surface area contributed by atoms with Crippen LogP contribution < -0.4 is 10.5 Å². The third-order valence-corrected chi connectivity index (χ3v) is 4.73. The van der Waals surface area contributed by atoms with Crippen molar-refractivity contribution in [1.82, 2.24) is 0 Å². The third-order valence-electron chi connectivity index (χ3n) is 4.73. The SMILES string of the molecule is NCCc1cccc(F)c1OCC1CCC2(CCCC2)O1. The molecule has 1 heterocycles. The Morgan fingerprint density at radius 3 is 2.86 bits per heavy atom. The molecule has 4 heteroatoms. The van der Waals surface area contributed by atoms with E-state index in [0.29, 0.717) is 25.3 Å². The number of hydrogen-bond donors (Lipinski definition) is 1. The highest BCUT2D eigenvalue weighted by Crippen LogP contribution is 2.43. The van der Waals surface area contributed by atoms with Crippen LogP contribution in [0.25, 0.3) is 0 Å². The fourth-order valence-electron chi connectivity index (χ4n) is 3.64. The van der Waals surface area contributed by atoms with Gasteiger partial charge in [-0.1, -0.05) is 25.0 Å². The highest BCUT2D eigenvalue weighted by molar-refractivity contribution is 5.35. The fourth-order valence-corrected chi connectivity index (χ4v) is 3.64. The lowest BCUT2D eigenvalue weighted by molar-refractivity contribution is -0.0513. The summed E-state index contributed by atoms with van der Waals surface area (Å²) in [6.45, 7) is 0.920. The maximum absolute atomic E-state index is 13.9. The van der Waals surface area contributed by atoms with Crippen molar-refractivity contribution in [2.45, 2.75) is 56.7 Å². The van der Waals surface area contributed by atoms with Crippen molar-refractivity contribution in [2.75, 3.05) is 13.2 Å². The number of benzene rings is 1. The lowest BCUT2D eigenvalue weighted by Crippen LogP contribution is -2.27. The maximum atomic E-state index is 13.9. The van der Waals surface area contributed by atoms with Crippen LogP contribution >= 0.6 is 0 Å². The molecule has 0 radical (unpaired) electrons. The summed E-state index contributed by atoms with van der Waals surface area (Å²) in [6, 6.07) is 5.01. The number of halogens is 1. The minimum atomic E-state index is -0.311. The number of rotatable bonds is 5. The van der Waals surface area contributed by atoms with Gasteiger partial charge in [0.1, 0.15) is 6.61 Å². The molecular weight excluding hydrogens is 269 g/mol. The molecule has 1 atom stereocenters. The van der Waals surface area contributed by atoms with Crippen molar-refractivity contribution in [3.05, 3.63) is 29.6 Å². The first kappa shape index (κ1) is 14.8. The summed E-state index contributed by atoms with van der Waals surface area (Å²) >= 11 is 0. The van der Waals surface area contributed by atoms with E-state index in [2.05, 4.69) is 0 Å². The molecule has 1 aromatic carbocycles. The molecule has 2 aliphatic rings. The molecule has 0 amide bonds. The van der Waals surface area contributed by atoms with Crippen LogP contribution in [0.3, 0.4) is 0 Å². The zero-order valence-corrected chi connectivity index (χ0v) is 12.4. The van der Waals surface area contributed by atoms with Crippen molar-refractivity contribution in [1.29, 1.82) is 0 Å². The maximum Gasteiger partial charge on any atom is 0.165 e. The molecule has 0 bridgehead atoms. The quantitative estimate of drug-likeness (QED) is 0.906. The molecule has 1 unspecified atom stereocenters. The van der Waals surface area contributed by atoms with Crippen molar-refractivity contribution < 1.29 is 13.9 Å². The predicted molar refractivity (Wildman–Crippen MR) is 80.0 cm³/mol. The van der Waals surface area contributed by atoms with Crippen LogP contribution in [-0.2, 0) is 11.2 Å². The Hall–Kier alpha value is -1.13. The summed E-state index contributed by atoms with van der Waals surface area (Å²) in [5.41, 5.74) is 6.51. The second-order valence-corrected chi connectivity index (χ2v) is 6.25. The first-order valence-corrected chi connectivity index (χ1v) is 8.00. The van der Waals surface area contributed by atoms with Gasteiger partial charge in [-0.25, -0.2) is 4.39 Å². The number of hydrogen-bond acceptors (Lipinski definition) is 3. The molecule has 1 saturated heterocycles. The molecule has 1 spiro atoms. The van der Waals surface area contributed by atoms with E-state index in [4.69, 9.17) is 15.2 Å². The van der Waals surface area contributed by atoms with Crippen molar-refractivity contribution in [3.63, 3.8) is 0 Å². The van der Waals surface area contributed by atoms with Crippen molar-refractivity contribution in [3.8, 4) is 5.75 Å². The van der Waals surface area contributed by atoms with Crippen LogP contribution in [0.5, 0.6) is 5.75 Å². The largest absolute Gasteiger partial charge is 0.488 e. The standard InChI is InChI=1S/C17H24FNO2/c18-15-5-3-4-13(7-11-19)16(15)20-12-14-6-10-17(21-14)8-1-2-9-17/h3-5,14H,1-2,6-12,19H2. The van der Waals surface area contributed by atoms with Gasteiger partial charge < -0.3 is 15.2 Å². The van der Waals surface area contributed by atoms with Crippen molar-refractivity contribution >= 4 is 0 Å². The lowest BCUT2D eigenvalue weighted by Gasteiger charge is -2.24. The van der Waals surface area contributed by atoms with Crippen LogP contribution in [0.15, 0.2) is 18.2 Å². The molecule has 1 aliphatic heterocycles. The Balaban J connectivity index is 1.60. The Morgan fingerprint density at radius 2 is 2.10 bits per heavy atom. The molecule has 1 aliphatic carbocycles. The highest BCUT2D eigenvalue weighted by Gasteiger charge is 2.42. The van der Waals surface area contributed by atoms with Crippen LogP contribution in [0, 0.1) is 5.82 Å². The van der Waals surface area contributed by atoms with Crippen LogP contribution in [0.1, 0.15) is 44.1 Å². The molecule has 1 aromatic rings. The van der Waals surface area contributed by atoms with Gasteiger partial charge in [-0.15, -0.1) is 0 Å². The van der Waals surface area contributed by atoms with E-state index in [1.165, 1.54) is 31.7 Å². The Bertz CT molecular complexity index is 486. The lowest BCUT2D eigenvalue weighted by atomic mass is 9.98. The molecule has 3 rings (SSSR count).